The van der Waals surface area contributed by atoms with Crippen LogP contribution in [0.5, 0.6) is 0 Å². The van der Waals surface area contributed by atoms with Crippen molar-refractivity contribution in [3.63, 3.8) is 0 Å². The number of rotatable bonds is 2. The predicted octanol–water partition coefficient (Wildman–Crippen LogP) is 0.873. The molecule has 0 aliphatic carbocycles. The van der Waals surface area contributed by atoms with Gasteiger partial charge in [-0.25, -0.2) is 0 Å². The van der Waals surface area contributed by atoms with Gasteiger partial charge in [-0.2, -0.15) is 0 Å². The Hall–Kier alpha value is -1.26. The number of likely N-dealkylation sites (tertiary alicyclic amines) is 1. The number of hydrogen-bond donors (Lipinski definition) is 2. The highest BCUT2D eigenvalue weighted by molar-refractivity contribution is 6.01. The third kappa shape index (κ3) is 2.65. The Morgan fingerprint density at radius 2 is 2.12 bits per heavy atom. The molecule has 5 nitrogen and oxygen atoms in total. The second-order valence-electron chi connectivity index (χ2n) is 4.77. The molecule has 0 saturated carbocycles. The molecule has 0 radical (unpaired) electrons. The number of carbonyl (C=O) groups excluding carboxylic acids is 1. The van der Waals surface area contributed by atoms with Gasteiger partial charge in [0.1, 0.15) is 0 Å². The second kappa shape index (κ2) is 5.18. The van der Waals surface area contributed by atoms with Gasteiger partial charge in [0.15, 0.2) is 5.84 Å². The highest BCUT2D eigenvalue weighted by atomic mass is 16.4. The molecule has 0 aromatic carbocycles. The fraction of sp³-hybridized carbons (Fsp3) is 0.818. The van der Waals surface area contributed by atoms with Crippen molar-refractivity contribution in [1.29, 1.82) is 0 Å². The number of nitrogens with two attached hydrogens (primary N) is 1. The maximum atomic E-state index is 12.0. The summed E-state index contributed by atoms with van der Waals surface area (Å²) < 4.78 is 0. The highest BCUT2D eigenvalue weighted by Gasteiger charge is 2.29. The van der Waals surface area contributed by atoms with E-state index in [1.807, 2.05) is 4.90 Å². The average molecular weight is 227 g/mol. The molecule has 1 saturated heterocycles. The third-order valence-electron chi connectivity index (χ3n) is 3.58. The average Bonchev–Trinajstić information content (AvgIpc) is 2.29. The Labute approximate surface area is 96.3 Å². The van der Waals surface area contributed by atoms with E-state index in [2.05, 4.69) is 19.0 Å². The van der Waals surface area contributed by atoms with Gasteiger partial charge in [0.2, 0.25) is 5.91 Å². The van der Waals surface area contributed by atoms with Crippen molar-refractivity contribution < 1.29 is 10.0 Å². The summed E-state index contributed by atoms with van der Waals surface area (Å²) in [5.74, 6) is 0.566. The van der Waals surface area contributed by atoms with E-state index >= 15 is 0 Å². The summed E-state index contributed by atoms with van der Waals surface area (Å²) in [5.41, 5.74) is 5.44. The number of piperidine rings is 1. The van der Waals surface area contributed by atoms with E-state index in [4.69, 9.17) is 10.9 Å². The van der Waals surface area contributed by atoms with Crippen LogP contribution >= 0.6 is 0 Å². The van der Waals surface area contributed by atoms with Gasteiger partial charge in [0.05, 0.1) is 5.92 Å². The van der Waals surface area contributed by atoms with Gasteiger partial charge >= 0.3 is 0 Å². The summed E-state index contributed by atoms with van der Waals surface area (Å²) in [6, 6.07) is 0. The summed E-state index contributed by atoms with van der Waals surface area (Å²) in [4.78, 5) is 13.8. The predicted molar refractivity (Wildman–Crippen MR) is 62.1 cm³/mol. The normalized spacial score (nSPS) is 28.9. The lowest BCUT2D eigenvalue weighted by atomic mass is 9.88. The molecular formula is C11H21N3O2. The molecule has 0 aromatic heterocycles. The van der Waals surface area contributed by atoms with Gasteiger partial charge in [-0.05, 0) is 25.2 Å². The van der Waals surface area contributed by atoms with Crippen LogP contribution in [-0.2, 0) is 4.79 Å². The molecule has 0 bridgehead atoms. The maximum absolute atomic E-state index is 12.0. The number of amidine groups is 1. The molecule has 3 atom stereocenters. The third-order valence-corrected chi connectivity index (χ3v) is 3.58. The van der Waals surface area contributed by atoms with E-state index in [0.29, 0.717) is 11.8 Å². The summed E-state index contributed by atoms with van der Waals surface area (Å²) in [6.45, 7) is 7.56. The van der Waals surface area contributed by atoms with Gasteiger partial charge in [0, 0.05) is 13.1 Å². The molecular weight excluding hydrogens is 206 g/mol. The minimum Gasteiger partial charge on any atom is -0.409 e. The molecule has 1 fully saturated rings. The second-order valence-corrected chi connectivity index (χ2v) is 4.77. The van der Waals surface area contributed by atoms with Crippen molar-refractivity contribution >= 4 is 11.7 Å². The van der Waals surface area contributed by atoms with E-state index in [9.17, 15) is 4.79 Å². The fourth-order valence-corrected chi connectivity index (χ4v) is 1.95. The zero-order valence-corrected chi connectivity index (χ0v) is 10.2. The van der Waals surface area contributed by atoms with E-state index in [1.165, 1.54) is 0 Å². The van der Waals surface area contributed by atoms with Crippen LogP contribution in [0.4, 0.5) is 0 Å². The van der Waals surface area contributed by atoms with Crippen LogP contribution in [0, 0.1) is 17.8 Å². The monoisotopic (exact) mass is 227 g/mol. The number of carbonyl (C=O) groups is 1. The Morgan fingerprint density at radius 3 is 2.62 bits per heavy atom. The zero-order chi connectivity index (χ0) is 12.3. The SMILES string of the molecule is CC(C(=O)N1CCC(C)C(C)C1)C(N)=NO. The Bertz CT molecular complexity index is 291. The first-order valence-corrected chi connectivity index (χ1v) is 5.73. The van der Waals surface area contributed by atoms with Crippen molar-refractivity contribution in [3.8, 4) is 0 Å². The van der Waals surface area contributed by atoms with Crippen LogP contribution in [0.3, 0.4) is 0 Å². The van der Waals surface area contributed by atoms with E-state index in [0.717, 1.165) is 19.5 Å². The molecule has 0 spiro atoms. The van der Waals surface area contributed by atoms with Gasteiger partial charge in [-0.1, -0.05) is 19.0 Å². The lowest BCUT2D eigenvalue weighted by molar-refractivity contribution is -0.135. The molecule has 16 heavy (non-hydrogen) atoms. The number of nitrogens with zero attached hydrogens (tertiary/aromatic N) is 2. The highest BCUT2D eigenvalue weighted by Crippen LogP contribution is 2.23. The lowest BCUT2D eigenvalue weighted by Crippen LogP contribution is -2.46. The number of amides is 1. The molecule has 1 heterocycles. The van der Waals surface area contributed by atoms with Crippen LogP contribution in [0.2, 0.25) is 0 Å². The summed E-state index contributed by atoms with van der Waals surface area (Å²) >= 11 is 0. The molecule has 92 valence electrons. The number of oxime groups is 1. The van der Waals surface area contributed by atoms with Crippen molar-refractivity contribution in [2.24, 2.45) is 28.6 Å². The van der Waals surface area contributed by atoms with E-state index in [-0.39, 0.29) is 11.7 Å². The molecule has 3 unspecified atom stereocenters. The Kier molecular flexibility index (Phi) is 4.15. The first kappa shape index (κ1) is 12.8. The first-order chi connectivity index (χ1) is 7.47. The van der Waals surface area contributed by atoms with Crippen LogP contribution in [0.15, 0.2) is 5.16 Å². The lowest BCUT2D eigenvalue weighted by Gasteiger charge is -2.36. The van der Waals surface area contributed by atoms with E-state index < -0.39 is 5.92 Å². The summed E-state index contributed by atoms with van der Waals surface area (Å²) in [5, 5.41) is 11.4. The summed E-state index contributed by atoms with van der Waals surface area (Å²) in [7, 11) is 0. The smallest absolute Gasteiger partial charge is 0.233 e. The van der Waals surface area contributed by atoms with Crippen molar-refractivity contribution in [1.82, 2.24) is 4.90 Å². The maximum Gasteiger partial charge on any atom is 0.233 e. The first-order valence-electron chi connectivity index (χ1n) is 5.73. The van der Waals surface area contributed by atoms with Crippen molar-refractivity contribution in [2.45, 2.75) is 27.2 Å². The zero-order valence-electron chi connectivity index (χ0n) is 10.2. The molecule has 1 aliphatic rings. The molecule has 0 aromatic rings. The van der Waals surface area contributed by atoms with Crippen LogP contribution < -0.4 is 5.73 Å². The van der Waals surface area contributed by atoms with Crippen LogP contribution in [0.25, 0.3) is 0 Å². The van der Waals surface area contributed by atoms with Gasteiger partial charge in [-0.3, -0.25) is 4.79 Å². The Morgan fingerprint density at radius 1 is 1.50 bits per heavy atom. The quantitative estimate of drug-likeness (QED) is 0.318. The summed E-state index contributed by atoms with van der Waals surface area (Å²) in [6.07, 6.45) is 1.02. The molecule has 1 aliphatic heterocycles. The van der Waals surface area contributed by atoms with Crippen molar-refractivity contribution in [3.05, 3.63) is 0 Å². The largest absolute Gasteiger partial charge is 0.409 e. The van der Waals surface area contributed by atoms with Gasteiger partial charge in [0.25, 0.3) is 0 Å². The minimum absolute atomic E-state index is 0.0173. The topological polar surface area (TPSA) is 78.9 Å². The van der Waals surface area contributed by atoms with Gasteiger partial charge < -0.3 is 15.8 Å². The number of hydrogen-bond acceptors (Lipinski definition) is 3. The molecule has 1 amide bonds. The van der Waals surface area contributed by atoms with Crippen LogP contribution in [0.1, 0.15) is 27.2 Å². The van der Waals surface area contributed by atoms with E-state index in [1.54, 1.807) is 6.92 Å². The fourth-order valence-electron chi connectivity index (χ4n) is 1.95. The van der Waals surface area contributed by atoms with Gasteiger partial charge in [-0.15, -0.1) is 0 Å². The molecule has 5 heteroatoms. The minimum atomic E-state index is -0.536. The molecule has 1 rings (SSSR count). The van der Waals surface area contributed by atoms with Crippen molar-refractivity contribution in [2.75, 3.05) is 13.1 Å². The van der Waals surface area contributed by atoms with Crippen LogP contribution in [-0.4, -0.2) is 34.9 Å². The standard InChI is InChI=1S/C11H21N3O2/c1-7-4-5-14(6-8(7)2)11(15)9(3)10(12)13-16/h7-9,16H,4-6H2,1-3H3,(H2,12,13). The molecule has 3 N–H and O–H groups in total. The Balaban J connectivity index is 2.62.